The molecular formula is C14H29N3O. The fourth-order valence-electron chi connectivity index (χ4n) is 2.45. The summed E-state index contributed by atoms with van der Waals surface area (Å²) in [6.07, 6.45) is 0.455. The normalized spacial score (nSPS) is 26.8. The lowest BCUT2D eigenvalue weighted by molar-refractivity contribution is -0.131. The van der Waals surface area contributed by atoms with E-state index in [9.17, 15) is 4.79 Å². The van der Waals surface area contributed by atoms with E-state index in [1.165, 1.54) is 0 Å². The van der Waals surface area contributed by atoms with Crippen LogP contribution in [0.2, 0.25) is 0 Å². The SMILES string of the molecule is CC1CN(C(=O)CC(N)C(C)(C)C)CC1N(C)C. The highest BCUT2D eigenvalue weighted by Crippen LogP contribution is 2.24. The second-order valence-corrected chi connectivity index (χ2v) is 6.98. The Labute approximate surface area is 111 Å². The van der Waals surface area contributed by atoms with Gasteiger partial charge in [-0.25, -0.2) is 0 Å². The van der Waals surface area contributed by atoms with Crippen LogP contribution in [0.3, 0.4) is 0 Å². The van der Waals surface area contributed by atoms with E-state index in [2.05, 4.69) is 46.7 Å². The van der Waals surface area contributed by atoms with Gasteiger partial charge in [0.1, 0.15) is 0 Å². The van der Waals surface area contributed by atoms with Gasteiger partial charge in [0.05, 0.1) is 0 Å². The van der Waals surface area contributed by atoms with Gasteiger partial charge in [-0.15, -0.1) is 0 Å². The van der Waals surface area contributed by atoms with Crippen molar-refractivity contribution >= 4 is 5.91 Å². The maximum absolute atomic E-state index is 12.2. The summed E-state index contributed by atoms with van der Waals surface area (Å²) in [5.74, 6) is 0.739. The second-order valence-electron chi connectivity index (χ2n) is 6.98. The first kappa shape index (κ1) is 15.4. The van der Waals surface area contributed by atoms with Gasteiger partial charge in [-0.05, 0) is 25.4 Å². The summed E-state index contributed by atoms with van der Waals surface area (Å²) in [5.41, 5.74) is 6.08. The van der Waals surface area contributed by atoms with Crippen LogP contribution in [0, 0.1) is 11.3 Å². The number of likely N-dealkylation sites (N-methyl/N-ethyl adjacent to an activating group) is 1. The van der Waals surface area contributed by atoms with Crippen LogP contribution in [-0.4, -0.2) is 55.0 Å². The van der Waals surface area contributed by atoms with E-state index in [1.807, 2.05) is 4.90 Å². The molecule has 1 fully saturated rings. The van der Waals surface area contributed by atoms with Gasteiger partial charge >= 0.3 is 0 Å². The summed E-state index contributed by atoms with van der Waals surface area (Å²) >= 11 is 0. The Morgan fingerprint density at radius 1 is 1.39 bits per heavy atom. The first-order chi connectivity index (χ1) is 8.12. The predicted octanol–water partition coefficient (Wildman–Crippen LogP) is 1.16. The van der Waals surface area contributed by atoms with Crippen LogP contribution >= 0.6 is 0 Å². The van der Waals surface area contributed by atoms with E-state index in [0.717, 1.165) is 13.1 Å². The van der Waals surface area contributed by atoms with Crippen molar-refractivity contribution < 1.29 is 4.79 Å². The van der Waals surface area contributed by atoms with Crippen molar-refractivity contribution in [3.63, 3.8) is 0 Å². The molecule has 0 aliphatic carbocycles. The second kappa shape index (κ2) is 5.57. The fraction of sp³-hybridized carbons (Fsp3) is 0.929. The monoisotopic (exact) mass is 255 g/mol. The van der Waals surface area contributed by atoms with Crippen LogP contribution in [-0.2, 0) is 4.79 Å². The third-order valence-electron chi connectivity index (χ3n) is 4.10. The number of nitrogens with two attached hydrogens (primary N) is 1. The minimum Gasteiger partial charge on any atom is -0.341 e. The smallest absolute Gasteiger partial charge is 0.224 e. The molecule has 0 aromatic carbocycles. The summed E-state index contributed by atoms with van der Waals surface area (Å²) in [5, 5.41) is 0. The Balaban J connectivity index is 2.55. The lowest BCUT2D eigenvalue weighted by Crippen LogP contribution is -2.42. The van der Waals surface area contributed by atoms with Crippen molar-refractivity contribution in [1.82, 2.24) is 9.80 Å². The molecular weight excluding hydrogens is 226 g/mol. The van der Waals surface area contributed by atoms with Crippen molar-refractivity contribution in [1.29, 1.82) is 0 Å². The van der Waals surface area contributed by atoms with E-state index in [0.29, 0.717) is 18.4 Å². The topological polar surface area (TPSA) is 49.6 Å². The third kappa shape index (κ3) is 3.69. The zero-order valence-corrected chi connectivity index (χ0v) is 12.7. The van der Waals surface area contributed by atoms with Crippen LogP contribution in [0.1, 0.15) is 34.1 Å². The largest absolute Gasteiger partial charge is 0.341 e. The third-order valence-corrected chi connectivity index (χ3v) is 4.10. The number of amides is 1. The van der Waals surface area contributed by atoms with Crippen molar-refractivity contribution in [3.8, 4) is 0 Å². The minimum atomic E-state index is -0.0706. The fourth-order valence-corrected chi connectivity index (χ4v) is 2.45. The van der Waals surface area contributed by atoms with E-state index in [4.69, 9.17) is 5.73 Å². The highest BCUT2D eigenvalue weighted by atomic mass is 16.2. The molecule has 2 N–H and O–H groups in total. The molecule has 1 aliphatic heterocycles. The molecule has 1 aliphatic rings. The maximum atomic E-state index is 12.2. The van der Waals surface area contributed by atoms with Gasteiger partial charge in [0, 0.05) is 31.6 Å². The number of carbonyl (C=O) groups is 1. The lowest BCUT2D eigenvalue weighted by Gasteiger charge is -2.28. The molecule has 3 unspecified atom stereocenters. The average molecular weight is 255 g/mol. The van der Waals surface area contributed by atoms with Crippen molar-refractivity contribution in [2.75, 3.05) is 27.2 Å². The summed E-state index contributed by atoms with van der Waals surface area (Å²) in [6, 6.07) is 0.401. The zero-order valence-electron chi connectivity index (χ0n) is 12.7. The number of rotatable bonds is 3. The number of hydrogen-bond acceptors (Lipinski definition) is 3. The summed E-state index contributed by atoms with van der Waals surface area (Å²) in [7, 11) is 4.16. The van der Waals surface area contributed by atoms with Crippen molar-refractivity contribution in [2.24, 2.45) is 17.1 Å². The molecule has 4 heteroatoms. The average Bonchev–Trinajstić information content (AvgIpc) is 2.58. The van der Waals surface area contributed by atoms with Crippen LogP contribution in [0.5, 0.6) is 0 Å². The van der Waals surface area contributed by atoms with Crippen LogP contribution in [0.15, 0.2) is 0 Å². The molecule has 1 rings (SSSR count). The highest BCUT2D eigenvalue weighted by Gasteiger charge is 2.35. The molecule has 106 valence electrons. The van der Waals surface area contributed by atoms with Gasteiger partial charge in [0.15, 0.2) is 0 Å². The van der Waals surface area contributed by atoms with Crippen LogP contribution < -0.4 is 5.73 Å². The number of nitrogens with zero attached hydrogens (tertiary/aromatic N) is 2. The maximum Gasteiger partial charge on any atom is 0.224 e. The van der Waals surface area contributed by atoms with Gasteiger partial charge in [0.2, 0.25) is 5.91 Å². The molecule has 1 saturated heterocycles. The van der Waals surface area contributed by atoms with E-state index < -0.39 is 0 Å². The summed E-state index contributed by atoms with van der Waals surface area (Å²) < 4.78 is 0. The Hall–Kier alpha value is -0.610. The number of hydrogen-bond donors (Lipinski definition) is 1. The van der Waals surface area contributed by atoms with Crippen molar-refractivity contribution in [2.45, 2.75) is 46.2 Å². The van der Waals surface area contributed by atoms with Gasteiger partial charge in [-0.2, -0.15) is 0 Å². The molecule has 3 atom stereocenters. The first-order valence-corrected chi connectivity index (χ1v) is 6.82. The molecule has 0 radical (unpaired) electrons. The zero-order chi connectivity index (χ0) is 14.1. The van der Waals surface area contributed by atoms with E-state index in [-0.39, 0.29) is 17.4 Å². The lowest BCUT2D eigenvalue weighted by atomic mass is 9.85. The Morgan fingerprint density at radius 3 is 2.33 bits per heavy atom. The highest BCUT2D eigenvalue weighted by molar-refractivity contribution is 5.77. The molecule has 0 spiro atoms. The molecule has 1 amide bonds. The Morgan fingerprint density at radius 2 is 1.94 bits per heavy atom. The predicted molar refractivity (Wildman–Crippen MR) is 75.3 cm³/mol. The summed E-state index contributed by atoms with van der Waals surface area (Å²) in [4.78, 5) is 16.4. The quantitative estimate of drug-likeness (QED) is 0.823. The minimum absolute atomic E-state index is 0.0120. The Bertz CT molecular complexity index is 296. The molecule has 1 heterocycles. The molecule has 0 saturated carbocycles. The standard InChI is InChI=1S/C14H29N3O/c1-10-8-17(9-11(10)16(5)6)13(18)7-12(15)14(2,3)4/h10-12H,7-9,15H2,1-6H3. The molecule has 0 bridgehead atoms. The summed E-state index contributed by atoms with van der Waals surface area (Å²) in [6.45, 7) is 10.2. The van der Waals surface area contributed by atoms with Gasteiger partial charge in [-0.1, -0.05) is 27.7 Å². The van der Waals surface area contributed by atoms with E-state index in [1.54, 1.807) is 0 Å². The van der Waals surface area contributed by atoms with Gasteiger partial charge in [0.25, 0.3) is 0 Å². The Kier molecular flexibility index (Phi) is 4.78. The molecule has 0 aromatic heterocycles. The molecule has 4 nitrogen and oxygen atoms in total. The van der Waals surface area contributed by atoms with Gasteiger partial charge in [-0.3, -0.25) is 4.79 Å². The number of carbonyl (C=O) groups excluding carboxylic acids is 1. The van der Waals surface area contributed by atoms with E-state index >= 15 is 0 Å². The number of likely N-dealkylation sites (tertiary alicyclic amines) is 1. The van der Waals surface area contributed by atoms with Crippen LogP contribution in [0.4, 0.5) is 0 Å². The first-order valence-electron chi connectivity index (χ1n) is 6.82. The molecule has 18 heavy (non-hydrogen) atoms. The van der Waals surface area contributed by atoms with Gasteiger partial charge < -0.3 is 15.5 Å². The molecule has 0 aromatic rings. The van der Waals surface area contributed by atoms with Crippen molar-refractivity contribution in [3.05, 3.63) is 0 Å². The van der Waals surface area contributed by atoms with Crippen LogP contribution in [0.25, 0.3) is 0 Å².